The van der Waals surface area contributed by atoms with E-state index >= 15 is 0 Å². The minimum absolute atomic E-state index is 0.0103. The fourth-order valence-electron chi connectivity index (χ4n) is 8.85. The van der Waals surface area contributed by atoms with Gasteiger partial charge in [0, 0.05) is 60.3 Å². The highest BCUT2D eigenvalue weighted by atomic mass is 35.5. The lowest BCUT2D eigenvalue weighted by Gasteiger charge is -2.60. The Kier molecular flexibility index (Phi) is 10.7. The van der Waals surface area contributed by atoms with Gasteiger partial charge < -0.3 is 33.7 Å². The van der Waals surface area contributed by atoms with Crippen molar-refractivity contribution in [3.8, 4) is 34.8 Å². The van der Waals surface area contributed by atoms with Crippen LogP contribution in [-0.2, 0) is 33.6 Å². The first-order valence-electron chi connectivity index (χ1n) is 18.0. The first kappa shape index (κ1) is 36.8. The normalized spacial score (nSPS) is 22.5. The van der Waals surface area contributed by atoms with Gasteiger partial charge in [0.1, 0.15) is 11.8 Å². The summed E-state index contributed by atoms with van der Waals surface area (Å²) in [5.41, 5.74) is 6.19. The van der Waals surface area contributed by atoms with Crippen molar-refractivity contribution in [3.05, 3.63) is 75.3 Å². The summed E-state index contributed by atoms with van der Waals surface area (Å²) in [4.78, 5) is 31.2. The van der Waals surface area contributed by atoms with E-state index in [4.69, 9.17) is 40.0 Å². The number of benzene rings is 3. The number of methoxy groups -OCH3 is 2. The van der Waals surface area contributed by atoms with Crippen molar-refractivity contribution in [1.29, 1.82) is 5.26 Å². The third-order valence-electron chi connectivity index (χ3n) is 11.1. The van der Waals surface area contributed by atoms with Crippen LogP contribution in [0.2, 0.25) is 0 Å². The van der Waals surface area contributed by atoms with Crippen LogP contribution in [0.25, 0.3) is 0 Å². The molecule has 5 atom stereocenters. The zero-order valence-corrected chi connectivity index (χ0v) is 31.5. The van der Waals surface area contributed by atoms with E-state index in [1.807, 2.05) is 44.2 Å². The van der Waals surface area contributed by atoms with Crippen molar-refractivity contribution >= 4 is 23.5 Å². The van der Waals surface area contributed by atoms with Gasteiger partial charge in [-0.1, -0.05) is 36.4 Å². The predicted molar refractivity (Wildman–Crippen MR) is 196 cm³/mol. The lowest BCUT2D eigenvalue weighted by molar-refractivity contribution is -0.134. The molecule has 0 saturated carbocycles. The smallest absolute Gasteiger partial charge is 0.312 e. The number of carbonyl (C=O) groups excluding carboxylic acids is 2. The number of aryl methyl sites for hydroxylation is 2. The maximum atomic E-state index is 13.5. The van der Waals surface area contributed by atoms with Gasteiger partial charge in [0.15, 0.2) is 29.8 Å². The van der Waals surface area contributed by atoms with Gasteiger partial charge in [-0.25, -0.2) is 0 Å². The van der Waals surface area contributed by atoms with Gasteiger partial charge in [-0.3, -0.25) is 19.4 Å². The van der Waals surface area contributed by atoms with Crippen LogP contribution in [0, 0.1) is 25.2 Å². The van der Waals surface area contributed by atoms with Crippen LogP contribution in [0.4, 0.5) is 0 Å². The van der Waals surface area contributed by atoms with E-state index in [1.54, 1.807) is 14.2 Å². The molecule has 1 fully saturated rings. The molecular weight excluding hydrogens is 700 g/mol. The number of nitriles is 1. The number of rotatable bonds is 12. The Morgan fingerprint density at radius 1 is 1.02 bits per heavy atom. The molecule has 1 N–H and O–H groups in total. The number of fused-ring (bicyclic) bond motifs is 9. The maximum absolute atomic E-state index is 13.5. The van der Waals surface area contributed by atoms with Gasteiger partial charge in [0.25, 0.3) is 0 Å². The molecule has 0 aliphatic carbocycles. The Bertz CT molecular complexity index is 1930. The standard InChI is InChI=1S/C40H45ClN4O8/c1-22-15-25-16-27-29(18-42)45-28(35(44(27)3)33(25)39(36(22)49-5)50-20-48-4)17-26-34(30(45)19-43-31(46)12-11-24-9-7-6-8-10-24)40-38(51-21-52-40)23(2)37(26)53-32(47)13-14-41/h6-10,15,27-30,35H,11-14,16-17,19-21H2,1-5H3,(H,43,46)/t27-,28?,29+,30+,35-/m1/s1. The highest BCUT2D eigenvalue weighted by Crippen LogP contribution is 2.58. The number of likely N-dealkylation sites (N-methyl/N-ethyl adjacent to an activating group) is 1. The molecule has 1 unspecified atom stereocenters. The fourth-order valence-corrected chi connectivity index (χ4v) is 9.00. The number of nitrogens with zero attached hydrogens (tertiary/aromatic N) is 3. The van der Waals surface area contributed by atoms with E-state index in [0.717, 1.165) is 33.4 Å². The molecule has 280 valence electrons. The Balaban J connectivity index is 1.38. The van der Waals surface area contributed by atoms with Crippen LogP contribution in [0.3, 0.4) is 0 Å². The van der Waals surface area contributed by atoms with Crippen molar-refractivity contribution in [3.63, 3.8) is 0 Å². The SMILES string of the molecule is COCOc1c(OC)c(C)cc2c1[C@H]1C3Cc4c(OC(=O)CCCl)c(C)c5c(c4[C@H](CNC(=O)CCc4ccccc4)N3[C@@H](C#N)[C@@H](C2)N1C)OCO5. The number of esters is 1. The molecule has 3 aromatic carbocycles. The number of carbonyl (C=O) groups is 2. The minimum Gasteiger partial charge on any atom is -0.493 e. The van der Waals surface area contributed by atoms with Gasteiger partial charge in [-0.05, 0) is 56.8 Å². The number of amides is 1. The van der Waals surface area contributed by atoms with E-state index < -0.39 is 18.1 Å². The Hall–Kier alpha value is -4.54. The van der Waals surface area contributed by atoms with Crippen LogP contribution in [0.1, 0.15) is 63.9 Å². The van der Waals surface area contributed by atoms with E-state index in [9.17, 15) is 14.9 Å². The van der Waals surface area contributed by atoms with Gasteiger partial charge in [-0.15, -0.1) is 11.6 Å². The zero-order chi connectivity index (χ0) is 37.4. The average molecular weight is 745 g/mol. The monoisotopic (exact) mass is 744 g/mol. The summed E-state index contributed by atoms with van der Waals surface area (Å²) in [6.07, 6.45) is 1.89. The van der Waals surface area contributed by atoms with Crippen molar-refractivity contribution < 1.29 is 38.0 Å². The molecule has 4 aliphatic rings. The highest BCUT2D eigenvalue weighted by Gasteiger charge is 2.57. The topological polar surface area (TPSA) is 132 Å². The summed E-state index contributed by atoms with van der Waals surface area (Å²) in [5.74, 6) is 2.17. The third-order valence-corrected chi connectivity index (χ3v) is 11.2. The van der Waals surface area contributed by atoms with Crippen molar-refractivity contribution in [2.75, 3.05) is 47.3 Å². The van der Waals surface area contributed by atoms with Crippen LogP contribution in [0.15, 0.2) is 36.4 Å². The third kappa shape index (κ3) is 6.54. The van der Waals surface area contributed by atoms with Gasteiger partial charge in [0.05, 0.1) is 31.7 Å². The van der Waals surface area contributed by atoms with E-state index in [1.165, 1.54) is 0 Å². The van der Waals surface area contributed by atoms with E-state index in [-0.39, 0.29) is 56.5 Å². The van der Waals surface area contributed by atoms with E-state index in [2.05, 4.69) is 34.3 Å². The lowest BCUT2D eigenvalue weighted by atomic mass is 9.71. The number of piperazine rings is 1. The molecule has 7 rings (SSSR count). The minimum atomic E-state index is -0.568. The van der Waals surface area contributed by atoms with Crippen molar-refractivity contribution in [2.45, 2.75) is 76.2 Å². The molecule has 1 saturated heterocycles. The molecule has 3 aromatic rings. The molecule has 1 amide bonds. The van der Waals surface area contributed by atoms with Gasteiger partial charge >= 0.3 is 5.97 Å². The summed E-state index contributed by atoms with van der Waals surface area (Å²) in [7, 11) is 5.25. The summed E-state index contributed by atoms with van der Waals surface area (Å²) in [5, 5.41) is 14.2. The van der Waals surface area contributed by atoms with Crippen molar-refractivity contribution in [1.82, 2.24) is 15.1 Å². The lowest BCUT2D eigenvalue weighted by Crippen LogP contribution is -2.68. The molecule has 0 spiro atoms. The summed E-state index contributed by atoms with van der Waals surface area (Å²) < 4.78 is 35.9. The summed E-state index contributed by atoms with van der Waals surface area (Å²) in [6.45, 7) is 4.03. The first-order chi connectivity index (χ1) is 25.7. The average Bonchev–Trinajstić information content (AvgIpc) is 3.65. The highest BCUT2D eigenvalue weighted by molar-refractivity contribution is 6.18. The molecule has 53 heavy (non-hydrogen) atoms. The van der Waals surface area contributed by atoms with Crippen LogP contribution >= 0.6 is 11.6 Å². The number of halogens is 1. The second-order valence-corrected chi connectivity index (χ2v) is 14.4. The molecule has 4 aliphatic heterocycles. The number of hydrogen-bond donors (Lipinski definition) is 1. The van der Waals surface area contributed by atoms with Gasteiger partial charge in [-0.2, -0.15) is 5.26 Å². The molecule has 13 heteroatoms. The summed E-state index contributed by atoms with van der Waals surface area (Å²) in [6, 6.07) is 12.8. The van der Waals surface area contributed by atoms with Crippen LogP contribution in [0.5, 0.6) is 28.7 Å². The number of alkyl halides is 1. The molecule has 2 bridgehead atoms. The van der Waals surface area contributed by atoms with Gasteiger partial charge in [0.2, 0.25) is 12.7 Å². The number of ether oxygens (including phenoxy) is 6. The Labute approximate surface area is 314 Å². The second-order valence-electron chi connectivity index (χ2n) is 14.0. The Morgan fingerprint density at radius 3 is 2.51 bits per heavy atom. The molecule has 0 aromatic heterocycles. The maximum Gasteiger partial charge on any atom is 0.312 e. The number of nitrogens with one attached hydrogen (secondary N) is 1. The van der Waals surface area contributed by atoms with Crippen molar-refractivity contribution in [2.24, 2.45) is 0 Å². The fraction of sp³-hybridized carbons (Fsp3) is 0.475. The van der Waals surface area contributed by atoms with Crippen LogP contribution < -0.4 is 29.0 Å². The van der Waals surface area contributed by atoms with E-state index in [0.29, 0.717) is 60.0 Å². The molecular formula is C40H45ClN4O8. The quantitative estimate of drug-likeness (QED) is 0.115. The predicted octanol–water partition coefficient (Wildman–Crippen LogP) is 5.08. The van der Waals surface area contributed by atoms with Crippen LogP contribution in [-0.4, -0.2) is 87.1 Å². The second kappa shape index (κ2) is 15.4. The Morgan fingerprint density at radius 2 is 1.79 bits per heavy atom. The zero-order valence-electron chi connectivity index (χ0n) is 30.7. The summed E-state index contributed by atoms with van der Waals surface area (Å²) >= 11 is 5.97. The molecule has 12 nitrogen and oxygen atoms in total. The number of hydrogen-bond acceptors (Lipinski definition) is 11. The molecule has 0 radical (unpaired) electrons. The molecule has 4 heterocycles. The first-order valence-corrected chi connectivity index (χ1v) is 18.5. The largest absolute Gasteiger partial charge is 0.493 e.